The number of nitrogens with one attached hydrogen (secondary N) is 1. The van der Waals surface area contributed by atoms with Crippen molar-refractivity contribution in [2.45, 2.75) is 57.6 Å². The van der Waals surface area contributed by atoms with E-state index in [1.807, 2.05) is 24.3 Å². The number of hydrogen-bond donors (Lipinski definition) is 1. The maximum Gasteiger partial charge on any atom is 0.251 e. The lowest BCUT2D eigenvalue weighted by molar-refractivity contribution is 0.0679. The first kappa shape index (κ1) is 16.3. The van der Waals surface area contributed by atoms with Gasteiger partial charge in [0.2, 0.25) is 0 Å². The molecule has 2 aliphatic rings. The molecule has 1 aromatic carbocycles. The van der Waals surface area contributed by atoms with Gasteiger partial charge in [-0.1, -0.05) is 25.8 Å². The Kier molecular flexibility index (Phi) is 5.55. The van der Waals surface area contributed by atoms with E-state index >= 15 is 0 Å². The lowest BCUT2D eigenvalue weighted by Crippen LogP contribution is -2.37. The second kappa shape index (κ2) is 7.82. The summed E-state index contributed by atoms with van der Waals surface area (Å²) in [6.07, 6.45) is 7.01. The molecule has 1 heterocycles. The Hall–Kier alpha value is -1.55. The van der Waals surface area contributed by atoms with Crippen LogP contribution in [0.1, 0.15) is 55.8 Å². The summed E-state index contributed by atoms with van der Waals surface area (Å²) in [5, 5.41) is 3.17. The number of carbonyl (C=O) groups is 1. The smallest absolute Gasteiger partial charge is 0.251 e. The average molecular weight is 317 g/mol. The van der Waals surface area contributed by atoms with Crippen LogP contribution in [-0.2, 0) is 4.74 Å². The van der Waals surface area contributed by atoms with Crippen molar-refractivity contribution in [3.63, 3.8) is 0 Å². The Morgan fingerprint density at radius 2 is 2.22 bits per heavy atom. The van der Waals surface area contributed by atoms with E-state index in [1.165, 1.54) is 12.8 Å². The number of ether oxygens (including phenoxy) is 2. The van der Waals surface area contributed by atoms with E-state index in [1.54, 1.807) is 0 Å². The minimum Gasteiger partial charge on any atom is -0.491 e. The molecule has 23 heavy (non-hydrogen) atoms. The highest BCUT2D eigenvalue weighted by Crippen LogP contribution is 2.24. The quantitative estimate of drug-likeness (QED) is 0.903. The maximum atomic E-state index is 12.4. The molecule has 2 fully saturated rings. The predicted molar refractivity (Wildman–Crippen MR) is 89.8 cm³/mol. The van der Waals surface area contributed by atoms with Crippen molar-refractivity contribution < 1.29 is 14.3 Å². The SMILES string of the molecule is CC1CCCC(NC(=O)c2cccc(OCC3CCCO3)c2)C1. The first-order valence-electron chi connectivity index (χ1n) is 8.86. The molecule has 1 aliphatic heterocycles. The number of benzene rings is 1. The number of rotatable bonds is 5. The van der Waals surface area contributed by atoms with Crippen LogP contribution in [0, 0.1) is 5.92 Å². The molecule has 0 bridgehead atoms. The second-order valence-electron chi connectivity index (χ2n) is 6.92. The highest BCUT2D eigenvalue weighted by Gasteiger charge is 2.21. The van der Waals surface area contributed by atoms with Crippen LogP contribution in [0.3, 0.4) is 0 Å². The molecule has 4 heteroatoms. The third kappa shape index (κ3) is 4.71. The monoisotopic (exact) mass is 317 g/mol. The van der Waals surface area contributed by atoms with Crippen LogP contribution in [0.15, 0.2) is 24.3 Å². The Morgan fingerprint density at radius 3 is 3.00 bits per heavy atom. The molecule has 3 unspecified atom stereocenters. The number of hydrogen-bond acceptors (Lipinski definition) is 3. The highest BCUT2D eigenvalue weighted by atomic mass is 16.5. The summed E-state index contributed by atoms with van der Waals surface area (Å²) in [7, 11) is 0. The first-order chi connectivity index (χ1) is 11.2. The lowest BCUT2D eigenvalue weighted by Gasteiger charge is -2.27. The van der Waals surface area contributed by atoms with Crippen molar-refractivity contribution in [3.05, 3.63) is 29.8 Å². The van der Waals surface area contributed by atoms with Crippen LogP contribution in [0.2, 0.25) is 0 Å². The van der Waals surface area contributed by atoms with E-state index in [4.69, 9.17) is 9.47 Å². The van der Waals surface area contributed by atoms with E-state index in [9.17, 15) is 4.79 Å². The van der Waals surface area contributed by atoms with Crippen molar-refractivity contribution >= 4 is 5.91 Å². The molecular formula is C19H27NO3. The molecule has 1 aliphatic carbocycles. The predicted octanol–water partition coefficient (Wildman–Crippen LogP) is 3.55. The molecule has 0 spiro atoms. The fourth-order valence-corrected chi connectivity index (χ4v) is 3.53. The third-order valence-electron chi connectivity index (χ3n) is 4.83. The largest absolute Gasteiger partial charge is 0.491 e. The summed E-state index contributed by atoms with van der Waals surface area (Å²) in [6.45, 7) is 3.65. The van der Waals surface area contributed by atoms with Crippen molar-refractivity contribution in [2.75, 3.05) is 13.2 Å². The van der Waals surface area contributed by atoms with E-state index < -0.39 is 0 Å². The van der Waals surface area contributed by atoms with E-state index in [2.05, 4.69) is 12.2 Å². The fraction of sp³-hybridized carbons (Fsp3) is 0.632. The summed E-state index contributed by atoms with van der Waals surface area (Å²) < 4.78 is 11.3. The zero-order valence-electron chi connectivity index (χ0n) is 13.9. The van der Waals surface area contributed by atoms with Crippen LogP contribution < -0.4 is 10.1 Å². The normalized spacial score (nSPS) is 27.6. The van der Waals surface area contributed by atoms with Crippen LogP contribution in [0.5, 0.6) is 5.75 Å². The van der Waals surface area contributed by atoms with E-state index in [0.717, 1.165) is 38.0 Å². The van der Waals surface area contributed by atoms with Gasteiger partial charge in [0.25, 0.3) is 5.91 Å². The molecular weight excluding hydrogens is 290 g/mol. The summed E-state index contributed by atoms with van der Waals surface area (Å²) in [5.41, 5.74) is 0.674. The molecule has 3 rings (SSSR count). The zero-order chi connectivity index (χ0) is 16.1. The minimum absolute atomic E-state index is 0.00617. The molecule has 1 amide bonds. The van der Waals surface area contributed by atoms with Gasteiger partial charge in [-0.25, -0.2) is 0 Å². The average Bonchev–Trinajstić information content (AvgIpc) is 3.07. The molecule has 1 aromatic rings. The Balaban J connectivity index is 1.54. The Labute approximate surface area is 138 Å². The van der Waals surface area contributed by atoms with Gasteiger partial charge in [-0.2, -0.15) is 0 Å². The molecule has 3 atom stereocenters. The van der Waals surface area contributed by atoms with Gasteiger partial charge >= 0.3 is 0 Å². The number of amides is 1. The topological polar surface area (TPSA) is 47.6 Å². The Bertz CT molecular complexity index is 525. The van der Waals surface area contributed by atoms with Crippen LogP contribution in [0.25, 0.3) is 0 Å². The van der Waals surface area contributed by atoms with Gasteiger partial charge in [0.1, 0.15) is 12.4 Å². The fourth-order valence-electron chi connectivity index (χ4n) is 3.53. The van der Waals surface area contributed by atoms with Crippen molar-refractivity contribution in [2.24, 2.45) is 5.92 Å². The second-order valence-corrected chi connectivity index (χ2v) is 6.92. The van der Waals surface area contributed by atoms with Gasteiger partial charge in [0.05, 0.1) is 6.10 Å². The zero-order valence-corrected chi connectivity index (χ0v) is 13.9. The van der Waals surface area contributed by atoms with Crippen molar-refractivity contribution in [1.82, 2.24) is 5.32 Å². The molecule has 1 N–H and O–H groups in total. The summed E-state index contributed by atoms with van der Waals surface area (Å²) in [5.74, 6) is 1.45. The molecule has 126 valence electrons. The highest BCUT2D eigenvalue weighted by molar-refractivity contribution is 5.94. The van der Waals surface area contributed by atoms with Crippen LogP contribution >= 0.6 is 0 Å². The van der Waals surface area contributed by atoms with Crippen LogP contribution in [0.4, 0.5) is 0 Å². The minimum atomic E-state index is 0.00617. The molecule has 1 saturated heterocycles. The van der Waals surface area contributed by atoms with E-state index in [-0.39, 0.29) is 12.0 Å². The third-order valence-corrected chi connectivity index (χ3v) is 4.83. The van der Waals surface area contributed by atoms with Gasteiger partial charge in [-0.3, -0.25) is 4.79 Å². The summed E-state index contributed by atoms with van der Waals surface area (Å²) in [6, 6.07) is 7.76. The van der Waals surface area contributed by atoms with Gasteiger partial charge in [0.15, 0.2) is 0 Å². The van der Waals surface area contributed by atoms with Gasteiger partial charge < -0.3 is 14.8 Å². The van der Waals surface area contributed by atoms with Gasteiger partial charge in [0, 0.05) is 18.2 Å². The maximum absolute atomic E-state index is 12.4. The first-order valence-corrected chi connectivity index (χ1v) is 8.86. The lowest BCUT2D eigenvalue weighted by atomic mass is 9.87. The van der Waals surface area contributed by atoms with Crippen LogP contribution in [-0.4, -0.2) is 31.3 Å². The van der Waals surface area contributed by atoms with Crippen molar-refractivity contribution in [1.29, 1.82) is 0 Å². The number of carbonyl (C=O) groups excluding carboxylic acids is 1. The molecule has 4 nitrogen and oxygen atoms in total. The van der Waals surface area contributed by atoms with E-state index in [0.29, 0.717) is 24.1 Å². The Morgan fingerprint density at radius 1 is 1.30 bits per heavy atom. The standard InChI is InChI=1S/C19H27NO3/c1-14-5-2-7-16(11-14)20-19(21)15-6-3-8-17(12-15)23-13-18-9-4-10-22-18/h3,6,8,12,14,16,18H,2,4-5,7,9-11,13H2,1H3,(H,20,21). The van der Waals surface area contributed by atoms with Gasteiger partial charge in [-0.15, -0.1) is 0 Å². The summed E-state index contributed by atoms with van der Waals surface area (Å²) in [4.78, 5) is 12.4. The molecule has 1 saturated carbocycles. The summed E-state index contributed by atoms with van der Waals surface area (Å²) >= 11 is 0. The van der Waals surface area contributed by atoms with Gasteiger partial charge in [-0.05, 0) is 49.8 Å². The molecule has 0 radical (unpaired) electrons. The molecule has 0 aromatic heterocycles. The van der Waals surface area contributed by atoms with Crippen molar-refractivity contribution in [3.8, 4) is 5.75 Å².